The second kappa shape index (κ2) is 5.21. The van der Waals surface area contributed by atoms with E-state index in [1.54, 1.807) is 0 Å². The largest absolute Gasteiger partial charge is 0.324 e. The quantitative estimate of drug-likeness (QED) is 0.870. The van der Waals surface area contributed by atoms with Gasteiger partial charge < -0.3 is 5.73 Å². The van der Waals surface area contributed by atoms with Crippen LogP contribution < -0.4 is 5.73 Å². The zero-order valence-electron chi connectivity index (χ0n) is 10.0. The summed E-state index contributed by atoms with van der Waals surface area (Å²) in [6.07, 6.45) is 3.21. The maximum Gasteiger partial charge on any atom is 0.0366 e. The van der Waals surface area contributed by atoms with Gasteiger partial charge in [-0.25, -0.2) is 0 Å². The zero-order chi connectivity index (χ0) is 11.5. The van der Waals surface area contributed by atoms with E-state index in [0.717, 1.165) is 13.0 Å². The molecule has 2 atom stereocenters. The number of fused-ring (bicyclic) bond motifs is 1. The van der Waals surface area contributed by atoms with Crippen molar-refractivity contribution < 1.29 is 0 Å². The molecule has 0 bridgehead atoms. The van der Waals surface area contributed by atoms with Gasteiger partial charge in [0, 0.05) is 24.4 Å². The van der Waals surface area contributed by atoms with Crippen LogP contribution >= 0.6 is 11.8 Å². The molecule has 0 aliphatic heterocycles. The van der Waals surface area contributed by atoms with Gasteiger partial charge in [0.15, 0.2) is 0 Å². The SMILES string of the molecule is CSCCN(C)C1CC(N)c2ccccc21. The Morgan fingerprint density at radius 1 is 1.38 bits per heavy atom. The Kier molecular flexibility index (Phi) is 3.90. The molecule has 1 aromatic rings. The Morgan fingerprint density at radius 2 is 2.06 bits per heavy atom. The summed E-state index contributed by atoms with van der Waals surface area (Å²) in [5.74, 6) is 1.18. The van der Waals surface area contributed by atoms with Crippen molar-refractivity contribution in [2.24, 2.45) is 5.73 Å². The van der Waals surface area contributed by atoms with Crippen LogP contribution in [-0.2, 0) is 0 Å². The molecule has 1 aromatic carbocycles. The molecular formula is C13H20N2S. The van der Waals surface area contributed by atoms with E-state index in [-0.39, 0.29) is 6.04 Å². The van der Waals surface area contributed by atoms with E-state index in [2.05, 4.69) is 42.5 Å². The van der Waals surface area contributed by atoms with Crippen molar-refractivity contribution >= 4 is 11.8 Å². The van der Waals surface area contributed by atoms with E-state index >= 15 is 0 Å². The second-order valence-corrected chi connectivity index (χ2v) is 5.45. The number of nitrogens with two attached hydrogens (primary N) is 1. The maximum absolute atomic E-state index is 6.17. The minimum Gasteiger partial charge on any atom is -0.324 e. The molecular weight excluding hydrogens is 216 g/mol. The molecule has 0 radical (unpaired) electrons. The summed E-state index contributed by atoms with van der Waals surface area (Å²) in [4.78, 5) is 2.43. The molecule has 16 heavy (non-hydrogen) atoms. The van der Waals surface area contributed by atoms with Crippen LogP contribution in [0.1, 0.15) is 29.6 Å². The first-order chi connectivity index (χ1) is 7.74. The third-order valence-corrected chi connectivity index (χ3v) is 4.00. The molecule has 1 aliphatic rings. The van der Waals surface area contributed by atoms with E-state index in [9.17, 15) is 0 Å². The highest BCUT2D eigenvalue weighted by Crippen LogP contribution is 2.40. The minimum absolute atomic E-state index is 0.220. The van der Waals surface area contributed by atoms with Crippen molar-refractivity contribution in [1.29, 1.82) is 0 Å². The van der Waals surface area contributed by atoms with Crippen LogP contribution in [0.4, 0.5) is 0 Å². The zero-order valence-corrected chi connectivity index (χ0v) is 10.8. The topological polar surface area (TPSA) is 29.3 Å². The summed E-state index contributed by atoms with van der Waals surface area (Å²) in [5, 5.41) is 0. The smallest absolute Gasteiger partial charge is 0.0366 e. The van der Waals surface area contributed by atoms with Crippen molar-refractivity contribution in [2.45, 2.75) is 18.5 Å². The molecule has 3 heteroatoms. The summed E-state index contributed by atoms with van der Waals surface area (Å²) in [5.41, 5.74) is 8.94. The molecule has 0 saturated heterocycles. The lowest BCUT2D eigenvalue weighted by atomic mass is 10.1. The van der Waals surface area contributed by atoms with E-state index < -0.39 is 0 Å². The van der Waals surface area contributed by atoms with Gasteiger partial charge in [-0.15, -0.1) is 0 Å². The second-order valence-electron chi connectivity index (χ2n) is 4.46. The van der Waals surface area contributed by atoms with Gasteiger partial charge >= 0.3 is 0 Å². The maximum atomic E-state index is 6.17. The number of rotatable bonds is 4. The lowest BCUT2D eigenvalue weighted by Gasteiger charge is -2.24. The van der Waals surface area contributed by atoms with Crippen molar-refractivity contribution in [3.63, 3.8) is 0 Å². The predicted molar refractivity (Wildman–Crippen MR) is 71.7 cm³/mol. The molecule has 2 nitrogen and oxygen atoms in total. The lowest BCUT2D eigenvalue weighted by Crippen LogP contribution is -2.25. The fraction of sp³-hybridized carbons (Fsp3) is 0.538. The van der Waals surface area contributed by atoms with Crippen LogP contribution in [0.25, 0.3) is 0 Å². The molecule has 0 saturated carbocycles. The Morgan fingerprint density at radius 3 is 2.75 bits per heavy atom. The first-order valence-electron chi connectivity index (χ1n) is 5.77. The molecule has 2 rings (SSSR count). The lowest BCUT2D eigenvalue weighted by molar-refractivity contribution is 0.252. The molecule has 0 amide bonds. The van der Waals surface area contributed by atoms with Crippen LogP contribution in [0.2, 0.25) is 0 Å². The summed E-state index contributed by atoms with van der Waals surface area (Å²) in [6.45, 7) is 1.13. The number of hydrogen-bond acceptors (Lipinski definition) is 3. The Labute approximate surface area is 102 Å². The highest BCUT2D eigenvalue weighted by atomic mass is 32.2. The van der Waals surface area contributed by atoms with E-state index in [4.69, 9.17) is 5.73 Å². The van der Waals surface area contributed by atoms with Crippen LogP contribution in [0, 0.1) is 0 Å². The Hall–Kier alpha value is -0.510. The van der Waals surface area contributed by atoms with E-state index in [1.165, 1.54) is 16.9 Å². The number of nitrogens with zero attached hydrogens (tertiary/aromatic N) is 1. The van der Waals surface area contributed by atoms with Gasteiger partial charge in [0.2, 0.25) is 0 Å². The third kappa shape index (κ3) is 2.26. The molecule has 88 valence electrons. The van der Waals surface area contributed by atoms with Gasteiger partial charge in [-0.05, 0) is 30.9 Å². The van der Waals surface area contributed by atoms with Crippen LogP contribution in [0.5, 0.6) is 0 Å². The number of thioether (sulfide) groups is 1. The molecule has 1 aliphatic carbocycles. The molecule has 2 N–H and O–H groups in total. The monoisotopic (exact) mass is 236 g/mol. The van der Waals surface area contributed by atoms with Crippen LogP contribution in [0.15, 0.2) is 24.3 Å². The van der Waals surface area contributed by atoms with Crippen molar-refractivity contribution in [3.8, 4) is 0 Å². The van der Waals surface area contributed by atoms with Crippen molar-refractivity contribution in [3.05, 3.63) is 35.4 Å². The molecule has 2 unspecified atom stereocenters. The minimum atomic E-state index is 0.220. The average Bonchev–Trinajstić information content (AvgIpc) is 2.65. The molecule has 0 fully saturated rings. The van der Waals surface area contributed by atoms with E-state index in [0.29, 0.717) is 6.04 Å². The van der Waals surface area contributed by atoms with E-state index in [1.807, 2.05) is 11.8 Å². The van der Waals surface area contributed by atoms with Gasteiger partial charge in [-0.3, -0.25) is 4.90 Å². The van der Waals surface area contributed by atoms with Gasteiger partial charge in [0.1, 0.15) is 0 Å². The molecule has 0 heterocycles. The van der Waals surface area contributed by atoms with Crippen LogP contribution in [0.3, 0.4) is 0 Å². The van der Waals surface area contributed by atoms with Gasteiger partial charge in [0.05, 0.1) is 0 Å². The summed E-state index contributed by atoms with van der Waals surface area (Å²) in [6, 6.07) is 9.33. The fourth-order valence-electron chi connectivity index (χ4n) is 2.45. The predicted octanol–water partition coefficient (Wildman–Crippen LogP) is 2.43. The van der Waals surface area contributed by atoms with Gasteiger partial charge in [-0.2, -0.15) is 11.8 Å². The number of hydrogen-bond donors (Lipinski definition) is 1. The van der Waals surface area contributed by atoms with Gasteiger partial charge in [-0.1, -0.05) is 24.3 Å². The summed E-state index contributed by atoms with van der Waals surface area (Å²) < 4.78 is 0. The van der Waals surface area contributed by atoms with Gasteiger partial charge in [0.25, 0.3) is 0 Å². The highest BCUT2D eigenvalue weighted by molar-refractivity contribution is 7.98. The summed E-state index contributed by atoms with van der Waals surface area (Å²) in [7, 11) is 2.20. The molecule has 0 aromatic heterocycles. The van der Waals surface area contributed by atoms with Crippen molar-refractivity contribution in [2.75, 3.05) is 25.6 Å². The normalized spacial score (nSPS) is 23.8. The van der Waals surface area contributed by atoms with Crippen molar-refractivity contribution in [1.82, 2.24) is 4.90 Å². The third-order valence-electron chi connectivity index (χ3n) is 3.41. The van der Waals surface area contributed by atoms with Crippen LogP contribution in [-0.4, -0.2) is 30.5 Å². The first-order valence-corrected chi connectivity index (χ1v) is 7.17. The number of benzene rings is 1. The average molecular weight is 236 g/mol. The summed E-state index contributed by atoms with van der Waals surface area (Å²) >= 11 is 1.90. The highest BCUT2D eigenvalue weighted by Gasteiger charge is 2.30. The Balaban J connectivity index is 2.14. The fourth-order valence-corrected chi connectivity index (χ4v) is 2.93. The Bertz CT molecular complexity index is 354. The first kappa shape index (κ1) is 12.0. The standard InChI is InChI=1S/C13H20N2S/c1-15(7-8-16-2)13-9-12(14)10-5-3-4-6-11(10)13/h3-6,12-13H,7-9,14H2,1-2H3. The molecule has 0 spiro atoms.